The summed E-state index contributed by atoms with van der Waals surface area (Å²) < 4.78 is 16.3. The van der Waals surface area contributed by atoms with Gasteiger partial charge in [0.15, 0.2) is 12.6 Å². The molecule has 2 aliphatic heterocycles. The molecule has 0 spiro atoms. The fraction of sp³-hybridized carbons (Fsp3) is 1.00. The zero-order valence-electron chi connectivity index (χ0n) is 10.4. The lowest BCUT2D eigenvalue weighted by atomic mass is 10.1. The van der Waals surface area contributed by atoms with Crippen molar-refractivity contribution in [1.82, 2.24) is 5.32 Å². The summed E-state index contributed by atoms with van der Waals surface area (Å²) in [6.45, 7) is 6.11. The van der Waals surface area contributed by atoms with Gasteiger partial charge in [0, 0.05) is 0 Å². The Balaban J connectivity index is 1.86. The van der Waals surface area contributed by atoms with Crippen molar-refractivity contribution in [3.63, 3.8) is 0 Å². The van der Waals surface area contributed by atoms with E-state index in [9.17, 15) is 10.2 Å². The zero-order valence-corrected chi connectivity index (χ0v) is 10.4. The molecule has 2 saturated heterocycles. The number of rotatable bonds is 5. The summed E-state index contributed by atoms with van der Waals surface area (Å²) in [6.07, 6.45) is -2.39. The second kappa shape index (κ2) is 5.17. The molecule has 0 aromatic rings. The van der Waals surface area contributed by atoms with Gasteiger partial charge in [-0.15, -0.1) is 0 Å². The molecule has 0 bridgehead atoms. The Morgan fingerprint density at radius 1 is 1.35 bits per heavy atom. The van der Waals surface area contributed by atoms with Gasteiger partial charge in [0.1, 0.15) is 12.2 Å². The highest BCUT2D eigenvalue weighted by Gasteiger charge is 2.52. The van der Waals surface area contributed by atoms with E-state index in [-0.39, 0.29) is 30.6 Å². The molecule has 2 aliphatic rings. The molecule has 17 heavy (non-hydrogen) atoms. The van der Waals surface area contributed by atoms with Crippen LogP contribution in [-0.4, -0.2) is 59.8 Å². The van der Waals surface area contributed by atoms with Crippen LogP contribution in [0.5, 0.6) is 0 Å². The molecule has 2 heterocycles. The van der Waals surface area contributed by atoms with E-state index in [0.29, 0.717) is 6.61 Å². The first kappa shape index (κ1) is 13.2. The van der Waals surface area contributed by atoms with Crippen LogP contribution in [0.4, 0.5) is 0 Å². The van der Waals surface area contributed by atoms with Gasteiger partial charge in [-0.3, -0.25) is 0 Å². The molecule has 0 aromatic carbocycles. The first-order valence-electron chi connectivity index (χ1n) is 6.03. The zero-order chi connectivity index (χ0) is 12.6. The van der Waals surface area contributed by atoms with Crippen LogP contribution in [0.2, 0.25) is 0 Å². The van der Waals surface area contributed by atoms with Crippen LogP contribution in [0.15, 0.2) is 0 Å². The van der Waals surface area contributed by atoms with E-state index >= 15 is 0 Å². The van der Waals surface area contributed by atoms with Crippen LogP contribution in [0.25, 0.3) is 0 Å². The predicted octanol–water partition coefficient (Wildman–Crippen LogP) is -0.807. The molecule has 5 atom stereocenters. The maximum Gasteiger partial charge on any atom is 0.180 e. The fourth-order valence-corrected chi connectivity index (χ4v) is 2.20. The molecule has 2 fully saturated rings. The van der Waals surface area contributed by atoms with Crippen molar-refractivity contribution in [2.45, 2.75) is 63.7 Å². The van der Waals surface area contributed by atoms with Gasteiger partial charge >= 0.3 is 0 Å². The quantitative estimate of drug-likeness (QED) is 0.435. The van der Waals surface area contributed by atoms with Crippen LogP contribution in [0.3, 0.4) is 0 Å². The second-order valence-electron chi connectivity index (χ2n) is 4.86. The Morgan fingerprint density at radius 3 is 2.53 bits per heavy atom. The number of hydrogen-bond acceptors (Lipinski definition) is 6. The molecule has 3 unspecified atom stereocenters. The number of hydrogen-bond donors (Lipinski definition) is 3. The average molecular weight is 247 g/mol. The fourth-order valence-electron chi connectivity index (χ4n) is 2.20. The first-order valence-corrected chi connectivity index (χ1v) is 6.03. The van der Waals surface area contributed by atoms with Gasteiger partial charge < -0.3 is 29.7 Å². The number of nitrogens with one attached hydrogen (secondary N) is 1. The highest BCUT2D eigenvalue weighted by molar-refractivity contribution is 5.08. The van der Waals surface area contributed by atoms with Crippen molar-refractivity contribution < 1.29 is 24.4 Å². The molecule has 6 heteroatoms. The van der Waals surface area contributed by atoms with Gasteiger partial charge in [-0.2, -0.15) is 0 Å². The van der Waals surface area contributed by atoms with Crippen LogP contribution < -0.4 is 5.32 Å². The van der Waals surface area contributed by atoms with Gasteiger partial charge in [0.2, 0.25) is 0 Å². The van der Waals surface area contributed by atoms with Crippen molar-refractivity contribution in [3.05, 3.63) is 0 Å². The second-order valence-corrected chi connectivity index (χ2v) is 4.86. The first-order chi connectivity index (χ1) is 7.99. The van der Waals surface area contributed by atoms with E-state index in [1.165, 1.54) is 0 Å². The third-order valence-electron chi connectivity index (χ3n) is 3.00. The van der Waals surface area contributed by atoms with Gasteiger partial charge in [0.25, 0.3) is 0 Å². The summed E-state index contributed by atoms with van der Waals surface area (Å²) in [5.74, 6) is 0. The lowest BCUT2D eigenvalue weighted by Gasteiger charge is -2.21. The van der Waals surface area contributed by atoms with E-state index in [2.05, 4.69) is 5.32 Å². The molecule has 3 N–H and O–H groups in total. The molecule has 0 radical (unpaired) electrons. The number of aliphatic hydroxyl groups is 2. The summed E-state index contributed by atoms with van der Waals surface area (Å²) in [5, 5.41) is 21.8. The van der Waals surface area contributed by atoms with Gasteiger partial charge in [-0.25, -0.2) is 0 Å². The van der Waals surface area contributed by atoms with Crippen LogP contribution in [-0.2, 0) is 14.2 Å². The maximum atomic E-state index is 9.30. The molecular weight excluding hydrogens is 226 g/mol. The Hall–Kier alpha value is -0.240. The Bertz CT molecular complexity index is 260. The third-order valence-corrected chi connectivity index (χ3v) is 3.00. The van der Waals surface area contributed by atoms with E-state index in [1.54, 1.807) is 0 Å². The monoisotopic (exact) mass is 247 g/mol. The lowest BCUT2D eigenvalue weighted by molar-refractivity contribution is -0.159. The number of ether oxygens (including phenoxy) is 3. The minimum Gasteiger partial charge on any atom is -0.369 e. The Morgan fingerprint density at radius 2 is 2.06 bits per heavy atom. The normalized spacial score (nSPS) is 39.0. The van der Waals surface area contributed by atoms with Crippen molar-refractivity contribution in [1.29, 1.82) is 0 Å². The predicted molar refractivity (Wildman–Crippen MR) is 59.2 cm³/mol. The Kier molecular flexibility index (Phi) is 4.02. The highest BCUT2D eigenvalue weighted by atomic mass is 16.7. The van der Waals surface area contributed by atoms with Crippen molar-refractivity contribution in [2.24, 2.45) is 0 Å². The number of aliphatic hydroxyl groups excluding tert-OH is 1. The molecule has 0 aromatic heterocycles. The van der Waals surface area contributed by atoms with Gasteiger partial charge in [0.05, 0.1) is 24.8 Å². The standard InChI is InChI=1S/C11H21NO5/c1-5(2)16-10(11(13)14)9-8(12-9)7-4-15-6(3)17-7/h5-14H,4H2,1-3H3/t6?,7-,8?,9?,10+/m1/s1. The molecule has 100 valence electrons. The largest absolute Gasteiger partial charge is 0.369 e. The maximum absolute atomic E-state index is 9.30. The van der Waals surface area contributed by atoms with E-state index in [4.69, 9.17) is 14.2 Å². The lowest BCUT2D eigenvalue weighted by Crippen LogP contribution is -2.38. The summed E-state index contributed by atoms with van der Waals surface area (Å²) in [6, 6.07) is -0.0122. The topological polar surface area (TPSA) is 90.1 Å². The minimum atomic E-state index is -1.49. The summed E-state index contributed by atoms with van der Waals surface area (Å²) in [5.41, 5.74) is 0. The van der Waals surface area contributed by atoms with Crippen molar-refractivity contribution in [2.75, 3.05) is 6.61 Å². The molecule has 0 aliphatic carbocycles. The average Bonchev–Trinajstić information content (AvgIpc) is 2.90. The van der Waals surface area contributed by atoms with Gasteiger partial charge in [-0.1, -0.05) is 0 Å². The van der Waals surface area contributed by atoms with Crippen LogP contribution >= 0.6 is 0 Å². The third kappa shape index (κ3) is 3.15. The summed E-state index contributed by atoms with van der Waals surface area (Å²) >= 11 is 0. The van der Waals surface area contributed by atoms with E-state index in [0.717, 1.165) is 0 Å². The van der Waals surface area contributed by atoms with Gasteiger partial charge in [-0.05, 0) is 20.8 Å². The molecule has 0 saturated carbocycles. The summed E-state index contributed by atoms with van der Waals surface area (Å²) in [4.78, 5) is 0. The highest BCUT2D eigenvalue weighted by Crippen LogP contribution is 2.28. The minimum absolute atomic E-state index is 0.0352. The Labute approximate surface area is 101 Å². The van der Waals surface area contributed by atoms with E-state index < -0.39 is 12.4 Å². The van der Waals surface area contributed by atoms with Crippen molar-refractivity contribution >= 4 is 0 Å². The van der Waals surface area contributed by atoms with Crippen LogP contribution in [0, 0.1) is 0 Å². The van der Waals surface area contributed by atoms with E-state index in [1.807, 2.05) is 20.8 Å². The molecular formula is C11H21NO5. The summed E-state index contributed by atoms with van der Waals surface area (Å²) in [7, 11) is 0. The molecule has 2 rings (SSSR count). The van der Waals surface area contributed by atoms with Crippen molar-refractivity contribution in [3.8, 4) is 0 Å². The molecule has 0 amide bonds. The smallest absolute Gasteiger partial charge is 0.180 e. The van der Waals surface area contributed by atoms with Crippen LogP contribution in [0.1, 0.15) is 20.8 Å². The molecule has 6 nitrogen and oxygen atoms in total. The SMILES string of the molecule is CC(C)O[C@H](C(O)O)C1NC1[C@H]1COC(C)O1.